The second-order valence-electron chi connectivity index (χ2n) is 15.0. The van der Waals surface area contributed by atoms with Crippen molar-refractivity contribution in [2.75, 3.05) is 54.5 Å². The van der Waals surface area contributed by atoms with Crippen molar-refractivity contribution in [3.8, 4) is 22.8 Å². The van der Waals surface area contributed by atoms with Gasteiger partial charge in [0, 0.05) is 22.5 Å². The highest BCUT2D eigenvalue weighted by molar-refractivity contribution is 6.30. The SMILES string of the molecule is CO/N=C/c1c(N)ncnc1Nc1ccc(-c2ccc(Cl)cc2)cc1.CO/N=C/c1c(N)ncnc1Nc1ccc(Oc2ccc(F)cc2)nc1.CO/N=C/c1c(N)ncnc1Nc1cccc2c1CCC2. The molecule has 4 heterocycles. The number of nitrogen functional groups attached to an aromatic ring is 3. The fraction of sp³-hybridized carbons (Fsp3) is 0.120. The van der Waals surface area contributed by atoms with Gasteiger partial charge in [-0.05, 0) is 102 Å². The van der Waals surface area contributed by atoms with Crippen LogP contribution in [0.25, 0.3) is 11.1 Å². The van der Waals surface area contributed by atoms with Crippen LogP contribution in [-0.4, -0.2) is 74.9 Å². The first-order valence-electron chi connectivity index (χ1n) is 21.8. The predicted molar refractivity (Wildman–Crippen MR) is 279 cm³/mol. The maximum Gasteiger partial charge on any atom is 0.219 e. The van der Waals surface area contributed by atoms with Crippen LogP contribution in [0.4, 0.5) is 56.4 Å². The lowest BCUT2D eigenvalue weighted by molar-refractivity contribution is 0.215. The van der Waals surface area contributed by atoms with Crippen LogP contribution in [-0.2, 0) is 27.4 Å². The molecule has 0 atom stereocenters. The minimum absolute atomic E-state index is 0.257. The van der Waals surface area contributed by atoms with Crippen molar-refractivity contribution in [2.45, 2.75) is 19.3 Å². The van der Waals surface area contributed by atoms with Crippen molar-refractivity contribution in [3.05, 3.63) is 167 Å². The van der Waals surface area contributed by atoms with Gasteiger partial charge >= 0.3 is 0 Å². The highest BCUT2D eigenvalue weighted by Crippen LogP contribution is 2.32. The summed E-state index contributed by atoms with van der Waals surface area (Å²) in [6.45, 7) is 0. The molecule has 0 amide bonds. The van der Waals surface area contributed by atoms with E-state index in [0.29, 0.717) is 68.1 Å². The Balaban J connectivity index is 0.000000159. The smallest absolute Gasteiger partial charge is 0.219 e. The molecule has 0 radical (unpaired) electrons. The van der Waals surface area contributed by atoms with E-state index in [1.54, 1.807) is 18.3 Å². The van der Waals surface area contributed by atoms with E-state index in [9.17, 15) is 4.39 Å². The Morgan fingerprint density at radius 3 is 1.57 bits per heavy atom. The average Bonchev–Trinajstić information content (AvgIpc) is 3.89. The molecule has 22 heteroatoms. The van der Waals surface area contributed by atoms with E-state index in [-0.39, 0.29) is 11.6 Å². The van der Waals surface area contributed by atoms with Gasteiger partial charge in [0.2, 0.25) is 5.88 Å². The minimum Gasteiger partial charge on any atom is -0.439 e. The summed E-state index contributed by atoms with van der Waals surface area (Å²) in [5, 5.41) is 21.5. The molecule has 0 fully saturated rings. The Morgan fingerprint density at radius 2 is 1.06 bits per heavy atom. The van der Waals surface area contributed by atoms with Crippen molar-refractivity contribution < 1.29 is 23.6 Å². The lowest BCUT2D eigenvalue weighted by atomic mass is 10.1. The number of ether oxygens (including phenoxy) is 1. The lowest BCUT2D eigenvalue weighted by Crippen LogP contribution is -2.06. The van der Waals surface area contributed by atoms with Crippen molar-refractivity contribution in [1.82, 2.24) is 34.9 Å². The molecule has 0 aliphatic heterocycles. The Labute approximate surface area is 418 Å². The van der Waals surface area contributed by atoms with E-state index < -0.39 is 0 Å². The van der Waals surface area contributed by atoms with Crippen molar-refractivity contribution in [3.63, 3.8) is 0 Å². The van der Waals surface area contributed by atoms with E-state index in [2.05, 4.69) is 89.3 Å². The van der Waals surface area contributed by atoms with Crippen molar-refractivity contribution in [2.24, 2.45) is 15.5 Å². The molecule has 0 bridgehead atoms. The van der Waals surface area contributed by atoms with Crippen LogP contribution in [0.3, 0.4) is 0 Å². The number of nitrogens with zero attached hydrogens (tertiary/aromatic N) is 10. The number of anilines is 9. The van der Waals surface area contributed by atoms with Crippen LogP contribution in [0.2, 0.25) is 5.02 Å². The number of pyridine rings is 1. The largest absolute Gasteiger partial charge is 0.439 e. The summed E-state index contributed by atoms with van der Waals surface area (Å²) < 4.78 is 18.5. The summed E-state index contributed by atoms with van der Waals surface area (Å²) in [6, 6.07) is 31.0. The van der Waals surface area contributed by atoms with Crippen LogP contribution in [0.15, 0.2) is 144 Å². The number of oxime groups is 3. The molecule has 8 aromatic rings. The second kappa shape index (κ2) is 25.2. The molecule has 20 nitrogen and oxygen atoms in total. The average molecular weight is 991 g/mol. The van der Waals surface area contributed by atoms with E-state index in [1.165, 1.54) is 101 Å². The first-order valence-corrected chi connectivity index (χ1v) is 22.2. The predicted octanol–water partition coefficient (Wildman–Crippen LogP) is 9.48. The zero-order valence-corrected chi connectivity index (χ0v) is 39.8. The van der Waals surface area contributed by atoms with Gasteiger partial charge in [0.15, 0.2) is 0 Å². The molecule has 366 valence electrons. The number of nitrogens with one attached hydrogen (secondary N) is 3. The number of hydrogen-bond acceptors (Lipinski definition) is 20. The van der Waals surface area contributed by atoms with Gasteiger partial charge in [0.25, 0.3) is 0 Å². The van der Waals surface area contributed by atoms with Crippen LogP contribution in [0.1, 0.15) is 34.2 Å². The van der Waals surface area contributed by atoms with E-state index in [1.807, 2.05) is 48.5 Å². The van der Waals surface area contributed by atoms with Gasteiger partial charge in [-0.25, -0.2) is 39.3 Å². The molecule has 72 heavy (non-hydrogen) atoms. The van der Waals surface area contributed by atoms with Gasteiger partial charge in [-0.1, -0.05) is 63.5 Å². The lowest BCUT2D eigenvalue weighted by Gasteiger charge is -2.13. The van der Waals surface area contributed by atoms with Gasteiger partial charge < -0.3 is 52.4 Å². The number of hydrogen-bond donors (Lipinski definition) is 6. The Morgan fingerprint density at radius 1 is 0.556 bits per heavy atom. The number of rotatable bonds is 15. The van der Waals surface area contributed by atoms with Crippen molar-refractivity contribution >= 4 is 82.2 Å². The maximum absolute atomic E-state index is 12.9. The molecular weight excluding hydrogens is 943 g/mol. The molecule has 0 saturated carbocycles. The third-order valence-corrected chi connectivity index (χ3v) is 10.6. The zero-order chi connectivity index (χ0) is 50.7. The first-order chi connectivity index (χ1) is 35.1. The van der Waals surface area contributed by atoms with Crippen LogP contribution < -0.4 is 37.9 Å². The molecule has 4 aromatic heterocycles. The van der Waals surface area contributed by atoms with Crippen LogP contribution in [0, 0.1) is 5.82 Å². The third kappa shape index (κ3) is 13.8. The van der Waals surface area contributed by atoms with Crippen molar-refractivity contribution in [1.29, 1.82) is 0 Å². The monoisotopic (exact) mass is 990 g/mol. The summed E-state index contributed by atoms with van der Waals surface area (Å²) in [6.07, 6.45) is 13.5. The summed E-state index contributed by atoms with van der Waals surface area (Å²) >= 11 is 5.93. The molecule has 9 rings (SSSR count). The molecule has 0 saturated heterocycles. The highest BCUT2D eigenvalue weighted by Gasteiger charge is 2.17. The van der Waals surface area contributed by atoms with E-state index >= 15 is 0 Å². The van der Waals surface area contributed by atoms with Gasteiger partial charge in [-0.15, -0.1) is 0 Å². The number of benzene rings is 4. The minimum atomic E-state index is -0.332. The Hall–Kier alpha value is -9.50. The van der Waals surface area contributed by atoms with Crippen LogP contribution >= 0.6 is 11.6 Å². The molecule has 0 spiro atoms. The summed E-state index contributed by atoms with van der Waals surface area (Å²) in [5.41, 5.74) is 26.8. The number of halogens is 2. The van der Waals surface area contributed by atoms with Gasteiger partial charge in [-0.2, -0.15) is 0 Å². The topological polar surface area (TPSA) is 278 Å². The molecule has 1 aliphatic rings. The fourth-order valence-corrected chi connectivity index (χ4v) is 7.01. The van der Waals surface area contributed by atoms with Gasteiger partial charge in [-0.3, -0.25) is 0 Å². The third-order valence-electron chi connectivity index (χ3n) is 10.4. The van der Waals surface area contributed by atoms with E-state index in [0.717, 1.165) is 35.3 Å². The summed E-state index contributed by atoms with van der Waals surface area (Å²) in [4.78, 5) is 42.8. The number of fused-ring (bicyclic) bond motifs is 1. The molecule has 9 N–H and O–H groups in total. The van der Waals surface area contributed by atoms with Gasteiger partial charge in [0.1, 0.15) is 86.8 Å². The Kier molecular flexibility index (Phi) is 17.6. The standard InChI is InChI=1S/C18H16ClN5O.C17H15FN6O2.C15H17N5O/c1-25-23-10-16-17(20)21-11-22-18(16)24-15-8-4-13(5-9-15)12-2-6-14(19)7-3-12;1-25-23-9-14-16(19)21-10-22-17(14)24-12-4-7-15(20-8-12)26-13-5-2-11(18)3-6-13;1-21-19-8-12-14(16)17-9-18-15(12)20-13-7-3-5-10-4-2-6-11(10)13/h2-11H,1H3,(H3,20,21,22,24);2-10H,1H3,(H3,19,21,22,24);3,5,7-9H,2,4,6H2,1H3,(H3,16,17,18,20)/b23-10+;23-9+;19-8+. The molecule has 1 aliphatic carbocycles. The molecular formula is C50H48ClFN16O4. The number of nitrogens with two attached hydrogens (primary N) is 3. The second-order valence-corrected chi connectivity index (χ2v) is 15.4. The number of aromatic nitrogens is 7. The molecule has 0 unspecified atom stereocenters. The molecule has 4 aromatic carbocycles. The van der Waals surface area contributed by atoms with E-state index in [4.69, 9.17) is 43.2 Å². The zero-order valence-electron chi connectivity index (χ0n) is 39.1. The first kappa shape index (κ1) is 50.4. The normalized spacial score (nSPS) is 11.5. The summed E-state index contributed by atoms with van der Waals surface area (Å²) in [5.74, 6) is 3.08. The maximum atomic E-state index is 12.9. The van der Waals surface area contributed by atoms with Crippen LogP contribution in [0.5, 0.6) is 11.6 Å². The highest BCUT2D eigenvalue weighted by atomic mass is 35.5. The summed E-state index contributed by atoms with van der Waals surface area (Å²) in [7, 11) is 4.36. The Bertz CT molecular complexity index is 3130. The fourth-order valence-electron chi connectivity index (χ4n) is 6.89. The number of aryl methyl sites for hydroxylation is 1. The quantitative estimate of drug-likeness (QED) is 0.0412. The van der Waals surface area contributed by atoms with Gasteiger partial charge in [0.05, 0.1) is 47.2 Å².